The van der Waals surface area contributed by atoms with Gasteiger partial charge in [0.15, 0.2) is 0 Å². The number of hydrogen-bond acceptors (Lipinski definition) is 6. The highest BCUT2D eigenvalue weighted by Crippen LogP contribution is 2.53. The van der Waals surface area contributed by atoms with Crippen LogP contribution < -0.4 is 10.3 Å². The number of benzene rings is 3. The summed E-state index contributed by atoms with van der Waals surface area (Å²) in [6.45, 7) is 7.30. The summed E-state index contributed by atoms with van der Waals surface area (Å²) in [5.74, 6) is 3.41. The number of amides is 1. The van der Waals surface area contributed by atoms with E-state index in [4.69, 9.17) is 21.3 Å². The zero-order valence-electron chi connectivity index (χ0n) is 32.8. The molecular weight excluding hydrogens is 718 g/mol. The zero-order chi connectivity index (χ0) is 37.8. The molecule has 1 aromatic heterocycles. The lowest BCUT2D eigenvalue weighted by Crippen LogP contribution is -2.46. The molecule has 11 rings (SSSR count). The normalized spacial score (nSPS) is 25.8. The highest BCUT2D eigenvalue weighted by atomic mass is 35.5. The van der Waals surface area contributed by atoms with Crippen LogP contribution in [0.25, 0.3) is 16.6 Å². The van der Waals surface area contributed by atoms with Crippen molar-refractivity contribution < 1.29 is 9.53 Å². The van der Waals surface area contributed by atoms with Gasteiger partial charge in [0, 0.05) is 41.7 Å². The van der Waals surface area contributed by atoms with E-state index in [9.17, 15) is 9.59 Å². The second-order valence-electron chi connectivity index (χ2n) is 18.6. The Morgan fingerprint density at radius 1 is 0.857 bits per heavy atom. The first-order valence-electron chi connectivity index (χ1n) is 21.7. The average Bonchev–Trinajstić information content (AvgIpc) is 3.83. The van der Waals surface area contributed by atoms with Crippen molar-refractivity contribution in [3.05, 3.63) is 97.5 Å². The summed E-state index contributed by atoms with van der Waals surface area (Å²) < 4.78 is 8.68. The minimum absolute atomic E-state index is 0.108. The molecule has 1 amide bonds. The Morgan fingerprint density at radius 2 is 1.62 bits per heavy atom. The Kier molecular flexibility index (Phi) is 8.49. The van der Waals surface area contributed by atoms with Crippen molar-refractivity contribution in [1.29, 1.82) is 0 Å². The van der Waals surface area contributed by atoms with Gasteiger partial charge in [0.05, 0.1) is 40.2 Å². The molecule has 56 heavy (non-hydrogen) atoms. The molecule has 2 saturated carbocycles. The third kappa shape index (κ3) is 5.41. The van der Waals surface area contributed by atoms with Crippen molar-refractivity contribution in [1.82, 2.24) is 24.3 Å². The number of hydrogen-bond donors (Lipinski definition) is 0. The number of carbonyl (C=O) groups is 1. The molecule has 4 fully saturated rings. The topological polar surface area (TPSA) is 70.9 Å². The number of rotatable bonds is 4. The van der Waals surface area contributed by atoms with E-state index in [1.54, 1.807) is 4.90 Å². The Bertz CT molecular complexity index is 2290. The molecule has 3 aromatic carbocycles. The molecule has 9 heteroatoms. The number of halogens is 1. The van der Waals surface area contributed by atoms with Gasteiger partial charge in [-0.05, 0) is 138 Å². The van der Waals surface area contributed by atoms with Crippen molar-refractivity contribution in [3.63, 3.8) is 0 Å². The maximum atomic E-state index is 13.4. The number of piperidine rings is 2. The van der Waals surface area contributed by atoms with Crippen molar-refractivity contribution in [2.75, 3.05) is 46.4 Å². The van der Waals surface area contributed by atoms with Crippen LogP contribution in [0, 0.1) is 5.92 Å². The lowest BCUT2D eigenvalue weighted by Gasteiger charge is -2.43. The molecule has 8 nitrogen and oxygen atoms in total. The predicted octanol–water partition coefficient (Wildman–Crippen LogP) is 8.35. The van der Waals surface area contributed by atoms with Gasteiger partial charge >= 0.3 is 0 Å². The molecule has 292 valence electrons. The number of nitrogens with zero attached hydrogens (tertiary/aromatic N) is 5. The van der Waals surface area contributed by atoms with Gasteiger partial charge in [-0.3, -0.25) is 14.2 Å². The maximum Gasteiger partial charge on any atom is 0.282 e. The molecule has 6 heterocycles. The number of aromatic nitrogens is 2. The molecule has 0 unspecified atom stereocenters. The quantitative estimate of drug-likeness (QED) is 0.208. The standard InChI is InChI=1S/C47H54ClN5O3/c1-50-28-35-34(44(50)55)13-15-37-42(35)56-29-46(37)20-24-51(25-21-46)27-30-8-11-33(12-9-30)52-22-16-31(17-23-52)32-10-14-36-40(26-32)53-39-7-5-6-38(48)41(39)43(54)49-45(53)47(36)18-3-2-4-19-47/h5-7,10,13-15,26,30-31,33H,2-4,8-9,11-12,16-25,27-29H2,1H3. The van der Waals surface area contributed by atoms with Crippen LogP contribution in [-0.4, -0.2) is 82.6 Å². The van der Waals surface area contributed by atoms with E-state index in [0.717, 1.165) is 79.5 Å². The summed E-state index contributed by atoms with van der Waals surface area (Å²) in [4.78, 5) is 38.2. The lowest BCUT2D eigenvalue weighted by atomic mass is 9.69. The van der Waals surface area contributed by atoms with Gasteiger partial charge < -0.3 is 19.4 Å². The predicted molar refractivity (Wildman–Crippen MR) is 221 cm³/mol. The molecule has 5 aliphatic heterocycles. The van der Waals surface area contributed by atoms with E-state index in [1.807, 2.05) is 19.2 Å². The van der Waals surface area contributed by atoms with Gasteiger partial charge in [-0.1, -0.05) is 55.1 Å². The largest absolute Gasteiger partial charge is 0.492 e. The summed E-state index contributed by atoms with van der Waals surface area (Å²) in [5, 5.41) is 1.03. The first-order chi connectivity index (χ1) is 27.3. The van der Waals surface area contributed by atoms with Crippen molar-refractivity contribution in [2.24, 2.45) is 5.92 Å². The van der Waals surface area contributed by atoms with Gasteiger partial charge in [-0.15, -0.1) is 0 Å². The molecule has 2 saturated heterocycles. The molecule has 2 aliphatic carbocycles. The molecule has 7 aliphatic rings. The van der Waals surface area contributed by atoms with Crippen LogP contribution >= 0.6 is 11.6 Å². The van der Waals surface area contributed by atoms with E-state index in [0.29, 0.717) is 28.9 Å². The van der Waals surface area contributed by atoms with E-state index < -0.39 is 0 Å². The van der Waals surface area contributed by atoms with Crippen molar-refractivity contribution in [3.8, 4) is 11.4 Å². The maximum absolute atomic E-state index is 13.4. The van der Waals surface area contributed by atoms with Gasteiger partial charge in [-0.2, -0.15) is 4.98 Å². The Labute approximate surface area is 335 Å². The van der Waals surface area contributed by atoms with Crippen LogP contribution in [0.15, 0.2) is 53.3 Å². The summed E-state index contributed by atoms with van der Waals surface area (Å²) in [6, 6.07) is 18.1. The number of carbonyl (C=O) groups excluding carboxylic acids is 1. The molecule has 0 N–H and O–H groups in total. The minimum Gasteiger partial charge on any atom is -0.492 e. The fourth-order valence-corrected chi connectivity index (χ4v) is 12.8. The number of fused-ring (bicyclic) bond motifs is 11. The molecule has 4 aromatic rings. The summed E-state index contributed by atoms with van der Waals surface area (Å²) in [5.41, 5.74) is 7.92. The van der Waals surface area contributed by atoms with E-state index >= 15 is 0 Å². The van der Waals surface area contributed by atoms with Crippen LogP contribution in [0.1, 0.15) is 128 Å². The highest BCUT2D eigenvalue weighted by Gasteiger charge is 2.48. The van der Waals surface area contributed by atoms with Gasteiger partial charge in [0.2, 0.25) is 0 Å². The van der Waals surface area contributed by atoms with Gasteiger partial charge in [0.25, 0.3) is 11.5 Å². The Balaban J connectivity index is 0.719. The molecular formula is C47H54ClN5O3. The minimum atomic E-state index is -0.195. The SMILES string of the molecule is CN1Cc2c(ccc3c2OCC32CCN(CC3CCC(N4CCC(c5ccc6c(c5)-n5c(nc(=O)c7c(Cl)cccc75)C65CCCCC5)CC4)CC3)CC2)C1=O. The first kappa shape index (κ1) is 35.4. The number of likely N-dealkylation sites (tertiary alicyclic amines) is 2. The second kappa shape index (κ2) is 13.4. The third-order valence-corrected chi connectivity index (χ3v) is 16.1. The van der Waals surface area contributed by atoms with Crippen LogP contribution in [-0.2, 0) is 17.4 Å². The molecule has 0 radical (unpaired) electrons. The smallest absolute Gasteiger partial charge is 0.282 e. The van der Waals surface area contributed by atoms with E-state index in [2.05, 4.69) is 50.8 Å². The van der Waals surface area contributed by atoms with Crippen LogP contribution in [0.2, 0.25) is 5.02 Å². The fourth-order valence-electron chi connectivity index (χ4n) is 12.6. The average molecular weight is 772 g/mol. The third-order valence-electron chi connectivity index (χ3n) is 15.7. The van der Waals surface area contributed by atoms with Crippen molar-refractivity contribution in [2.45, 2.75) is 113 Å². The monoisotopic (exact) mass is 771 g/mol. The van der Waals surface area contributed by atoms with Crippen LogP contribution in [0.4, 0.5) is 0 Å². The Hall–Kier alpha value is -3.72. The van der Waals surface area contributed by atoms with Gasteiger partial charge in [-0.25, -0.2) is 0 Å². The number of ether oxygens (including phenoxy) is 1. The van der Waals surface area contributed by atoms with E-state index in [-0.39, 0.29) is 22.3 Å². The highest BCUT2D eigenvalue weighted by molar-refractivity contribution is 6.35. The summed E-state index contributed by atoms with van der Waals surface area (Å²) in [7, 11) is 1.89. The summed E-state index contributed by atoms with van der Waals surface area (Å²) in [6.07, 6.45) is 15.7. The molecule has 2 spiro atoms. The van der Waals surface area contributed by atoms with Crippen LogP contribution in [0.3, 0.4) is 0 Å². The van der Waals surface area contributed by atoms with Crippen molar-refractivity contribution >= 4 is 28.4 Å². The molecule has 0 bridgehead atoms. The van der Waals surface area contributed by atoms with E-state index in [1.165, 1.54) is 99.8 Å². The lowest BCUT2D eigenvalue weighted by molar-refractivity contribution is 0.0807. The van der Waals surface area contributed by atoms with Gasteiger partial charge in [0.1, 0.15) is 11.6 Å². The first-order valence-corrected chi connectivity index (χ1v) is 22.1. The Morgan fingerprint density at radius 3 is 2.41 bits per heavy atom. The zero-order valence-corrected chi connectivity index (χ0v) is 33.6. The van der Waals surface area contributed by atoms with Crippen LogP contribution in [0.5, 0.6) is 5.75 Å². The second-order valence-corrected chi connectivity index (χ2v) is 19.0. The summed E-state index contributed by atoms with van der Waals surface area (Å²) >= 11 is 6.63. The molecule has 0 atom stereocenters. The fraction of sp³-hybridized carbons (Fsp3) is 0.553.